The lowest BCUT2D eigenvalue weighted by atomic mass is 9.77. The summed E-state index contributed by atoms with van der Waals surface area (Å²) in [4.78, 5) is 24.6. The second-order valence-electron chi connectivity index (χ2n) is 5.89. The molecule has 1 aliphatic rings. The molecule has 0 aliphatic heterocycles. The highest BCUT2D eigenvalue weighted by atomic mass is 16.5. The van der Waals surface area contributed by atoms with E-state index in [1.54, 1.807) is 6.08 Å². The van der Waals surface area contributed by atoms with Gasteiger partial charge >= 0.3 is 0 Å². The summed E-state index contributed by atoms with van der Waals surface area (Å²) in [5, 5.41) is 2.89. The second-order valence-corrected chi connectivity index (χ2v) is 5.89. The third kappa shape index (κ3) is 3.25. The van der Waals surface area contributed by atoms with Crippen molar-refractivity contribution in [3.05, 3.63) is 76.9 Å². The van der Waals surface area contributed by atoms with Crippen LogP contribution in [-0.2, 0) is 6.61 Å². The summed E-state index contributed by atoms with van der Waals surface area (Å²) in [5.74, 6) is -0.640. The van der Waals surface area contributed by atoms with Crippen molar-refractivity contribution in [1.29, 1.82) is 0 Å². The van der Waals surface area contributed by atoms with Crippen LogP contribution in [0.4, 0.5) is 0 Å². The fraction of sp³-hybridized carbons (Fsp3) is 0.263. The van der Waals surface area contributed by atoms with E-state index in [1.165, 1.54) is 12.3 Å². The first-order chi connectivity index (χ1) is 11.6. The monoisotopic (exact) mass is 325 g/mol. The molecule has 1 N–H and O–H groups in total. The Morgan fingerprint density at radius 3 is 2.67 bits per heavy atom. The van der Waals surface area contributed by atoms with Crippen LogP contribution in [0, 0.1) is 0 Å². The minimum Gasteiger partial charge on any atom is -0.481 e. The van der Waals surface area contributed by atoms with Gasteiger partial charge in [-0.3, -0.25) is 9.59 Å². The van der Waals surface area contributed by atoms with Crippen LogP contribution in [-0.4, -0.2) is 11.4 Å². The van der Waals surface area contributed by atoms with Crippen molar-refractivity contribution in [3.8, 4) is 5.75 Å². The van der Waals surface area contributed by atoms with Gasteiger partial charge in [-0.1, -0.05) is 36.4 Å². The number of amides is 1. The Morgan fingerprint density at radius 2 is 2.04 bits per heavy atom. The molecule has 1 aromatic carbocycles. The van der Waals surface area contributed by atoms with E-state index in [-0.39, 0.29) is 23.5 Å². The third-order valence-corrected chi connectivity index (χ3v) is 4.27. The van der Waals surface area contributed by atoms with Crippen molar-refractivity contribution in [2.24, 2.45) is 0 Å². The Bertz CT molecular complexity index is 791. The van der Waals surface area contributed by atoms with Crippen LogP contribution >= 0.6 is 0 Å². The van der Waals surface area contributed by atoms with E-state index in [0.29, 0.717) is 0 Å². The Balaban J connectivity index is 1.80. The molecule has 0 atom stereocenters. The van der Waals surface area contributed by atoms with Gasteiger partial charge in [0.2, 0.25) is 16.9 Å². The summed E-state index contributed by atoms with van der Waals surface area (Å²) >= 11 is 0. The van der Waals surface area contributed by atoms with Crippen LogP contribution in [0.1, 0.15) is 35.4 Å². The van der Waals surface area contributed by atoms with Gasteiger partial charge in [-0.25, -0.2) is 0 Å². The minimum atomic E-state index is -0.463. The SMILES string of the molecule is C=CC1(NC(=O)c2occc(=O)c2OCc2ccccc2)CCC1. The van der Waals surface area contributed by atoms with Crippen LogP contribution in [0.25, 0.3) is 0 Å². The average molecular weight is 325 g/mol. The molecule has 1 saturated carbocycles. The van der Waals surface area contributed by atoms with E-state index in [9.17, 15) is 9.59 Å². The Kier molecular flexibility index (Phi) is 4.51. The van der Waals surface area contributed by atoms with E-state index in [0.717, 1.165) is 24.8 Å². The highest BCUT2D eigenvalue weighted by Gasteiger charge is 2.36. The fourth-order valence-electron chi connectivity index (χ4n) is 2.65. The standard InChI is InChI=1S/C19H19NO4/c1-2-19(10-6-11-19)20-18(22)17-16(15(21)9-12-23-17)24-13-14-7-4-3-5-8-14/h2-5,7-9,12H,1,6,10-11,13H2,(H,20,22). The zero-order valence-corrected chi connectivity index (χ0v) is 13.3. The number of hydrogen-bond donors (Lipinski definition) is 1. The molecule has 2 aromatic rings. The van der Waals surface area contributed by atoms with Crippen molar-refractivity contribution < 1.29 is 13.9 Å². The van der Waals surface area contributed by atoms with Crippen LogP contribution in [0.3, 0.4) is 0 Å². The van der Waals surface area contributed by atoms with Gasteiger partial charge in [0.05, 0.1) is 11.8 Å². The number of nitrogens with one attached hydrogen (secondary N) is 1. The summed E-state index contributed by atoms with van der Waals surface area (Å²) in [5.41, 5.74) is 0.0969. The lowest BCUT2D eigenvalue weighted by molar-refractivity contribution is 0.0837. The maximum atomic E-state index is 12.5. The molecule has 0 unspecified atom stereocenters. The first kappa shape index (κ1) is 16.1. The average Bonchev–Trinajstić information content (AvgIpc) is 2.57. The molecule has 0 spiro atoms. The smallest absolute Gasteiger partial charge is 0.291 e. The van der Waals surface area contributed by atoms with Crippen LogP contribution in [0.15, 0.2) is 64.5 Å². The van der Waals surface area contributed by atoms with Gasteiger partial charge < -0.3 is 14.5 Å². The van der Waals surface area contributed by atoms with Gasteiger partial charge in [0.25, 0.3) is 5.91 Å². The molecule has 5 nitrogen and oxygen atoms in total. The van der Waals surface area contributed by atoms with Crippen LogP contribution < -0.4 is 15.5 Å². The van der Waals surface area contributed by atoms with Crippen molar-refractivity contribution in [2.45, 2.75) is 31.4 Å². The highest BCUT2D eigenvalue weighted by Crippen LogP contribution is 2.33. The minimum absolute atomic E-state index is 0.0719. The molecule has 5 heteroatoms. The molecule has 0 saturated heterocycles. The van der Waals surface area contributed by atoms with E-state index in [2.05, 4.69) is 11.9 Å². The predicted octanol–water partition coefficient (Wildman–Crippen LogP) is 3.06. The van der Waals surface area contributed by atoms with Gasteiger partial charge in [-0.05, 0) is 24.8 Å². The first-order valence-corrected chi connectivity index (χ1v) is 7.88. The molecule has 3 rings (SSSR count). The van der Waals surface area contributed by atoms with Crippen molar-refractivity contribution >= 4 is 5.91 Å². The summed E-state index contributed by atoms with van der Waals surface area (Å²) in [6, 6.07) is 10.7. The third-order valence-electron chi connectivity index (χ3n) is 4.27. The number of carbonyl (C=O) groups is 1. The molecule has 1 amide bonds. The number of hydrogen-bond acceptors (Lipinski definition) is 4. The van der Waals surface area contributed by atoms with Crippen LogP contribution in [0.5, 0.6) is 5.75 Å². The lowest BCUT2D eigenvalue weighted by Gasteiger charge is -2.39. The molecule has 1 aromatic heterocycles. The summed E-state index contributed by atoms with van der Waals surface area (Å²) in [7, 11) is 0. The normalized spacial score (nSPS) is 15.2. The number of rotatable bonds is 6. The first-order valence-electron chi connectivity index (χ1n) is 7.88. The van der Waals surface area contributed by atoms with Gasteiger partial charge in [-0.2, -0.15) is 0 Å². The molecule has 1 fully saturated rings. The van der Waals surface area contributed by atoms with E-state index < -0.39 is 11.4 Å². The van der Waals surface area contributed by atoms with Gasteiger partial charge in [0.1, 0.15) is 6.61 Å². The molecular weight excluding hydrogens is 306 g/mol. The maximum Gasteiger partial charge on any atom is 0.291 e. The Labute approximate surface area is 140 Å². The highest BCUT2D eigenvalue weighted by molar-refractivity contribution is 5.94. The maximum absolute atomic E-state index is 12.5. The molecule has 1 heterocycles. The van der Waals surface area contributed by atoms with Crippen molar-refractivity contribution in [2.75, 3.05) is 0 Å². The summed E-state index contributed by atoms with van der Waals surface area (Å²) < 4.78 is 10.9. The summed E-state index contributed by atoms with van der Waals surface area (Å²) in [6.45, 7) is 3.96. The van der Waals surface area contributed by atoms with Gasteiger partial charge in [-0.15, -0.1) is 6.58 Å². The Morgan fingerprint density at radius 1 is 1.29 bits per heavy atom. The van der Waals surface area contributed by atoms with E-state index in [1.807, 2.05) is 30.3 Å². The molecule has 0 radical (unpaired) electrons. The quantitative estimate of drug-likeness (QED) is 0.829. The molecule has 124 valence electrons. The fourth-order valence-corrected chi connectivity index (χ4v) is 2.65. The zero-order chi connectivity index (χ0) is 17.0. The number of ether oxygens (including phenoxy) is 1. The van der Waals surface area contributed by atoms with E-state index >= 15 is 0 Å². The molecule has 24 heavy (non-hydrogen) atoms. The van der Waals surface area contributed by atoms with Crippen molar-refractivity contribution in [3.63, 3.8) is 0 Å². The Hall–Kier alpha value is -2.82. The zero-order valence-electron chi connectivity index (χ0n) is 13.3. The van der Waals surface area contributed by atoms with E-state index in [4.69, 9.17) is 9.15 Å². The lowest BCUT2D eigenvalue weighted by Crippen LogP contribution is -2.52. The number of benzene rings is 1. The molecule has 1 aliphatic carbocycles. The summed E-state index contributed by atoms with van der Waals surface area (Å²) in [6.07, 6.45) is 5.63. The topological polar surface area (TPSA) is 68.5 Å². The van der Waals surface area contributed by atoms with Gasteiger partial charge in [0, 0.05) is 6.07 Å². The molecule has 0 bridgehead atoms. The van der Waals surface area contributed by atoms with Crippen LogP contribution in [0.2, 0.25) is 0 Å². The van der Waals surface area contributed by atoms with Gasteiger partial charge in [0.15, 0.2) is 0 Å². The molecular formula is C19H19NO4. The predicted molar refractivity (Wildman–Crippen MR) is 90.0 cm³/mol. The van der Waals surface area contributed by atoms with Crippen molar-refractivity contribution in [1.82, 2.24) is 5.32 Å². The number of carbonyl (C=O) groups excluding carboxylic acids is 1. The largest absolute Gasteiger partial charge is 0.481 e. The second kappa shape index (κ2) is 6.74.